The van der Waals surface area contributed by atoms with Gasteiger partial charge in [0.05, 0.1) is 6.10 Å². The molecule has 15 heavy (non-hydrogen) atoms. The fraction of sp³-hybridized carbons (Fsp3) is 1.00. The summed E-state index contributed by atoms with van der Waals surface area (Å²) >= 11 is 3.69. The molecule has 1 aliphatic carbocycles. The van der Waals surface area contributed by atoms with Crippen molar-refractivity contribution >= 4 is 15.9 Å². The van der Waals surface area contributed by atoms with E-state index in [0.717, 1.165) is 18.4 Å². The highest BCUT2D eigenvalue weighted by molar-refractivity contribution is 9.09. The Kier molecular flexibility index (Phi) is 4.96. The first-order chi connectivity index (χ1) is 7.40. The Balaban J connectivity index is 1.69. The standard InChI is InChI=1S/C13H23BrO/c14-10-12(11-4-1-2-5-11)7-8-13-6-3-9-15-13/h11-13H,1-10H2. The summed E-state index contributed by atoms with van der Waals surface area (Å²) in [5.41, 5.74) is 0. The van der Waals surface area contributed by atoms with Gasteiger partial charge in [-0.2, -0.15) is 0 Å². The Labute approximate surface area is 102 Å². The molecule has 0 N–H and O–H groups in total. The molecule has 0 aromatic heterocycles. The largest absolute Gasteiger partial charge is 0.378 e. The predicted molar refractivity (Wildman–Crippen MR) is 67.5 cm³/mol. The van der Waals surface area contributed by atoms with Gasteiger partial charge in [0.25, 0.3) is 0 Å². The first kappa shape index (κ1) is 11.9. The number of hydrogen-bond donors (Lipinski definition) is 0. The van der Waals surface area contributed by atoms with Crippen molar-refractivity contribution in [3.8, 4) is 0 Å². The summed E-state index contributed by atoms with van der Waals surface area (Å²) in [6.07, 6.45) is 11.7. The average Bonchev–Trinajstić information content (AvgIpc) is 2.90. The summed E-state index contributed by atoms with van der Waals surface area (Å²) in [6, 6.07) is 0. The lowest BCUT2D eigenvalue weighted by molar-refractivity contribution is 0.0961. The minimum absolute atomic E-state index is 0.591. The van der Waals surface area contributed by atoms with E-state index in [1.807, 2.05) is 0 Å². The van der Waals surface area contributed by atoms with Crippen molar-refractivity contribution in [3.05, 3.63) is 0 Å². The molecule has 0 aromatic rings. The van der Waals surface area contributed by atoms with E-state index in [2.05, 4.69) is 15.9 Å². The molecule has 1 saturated heterocycles. The summed E-state index contributed by atoms with van der Waals surface area (Å²) < 4.78 is 5.70. The van der Waals surface area contributed by atoms with Crippen LogP contribution in [0.1, 0.15) is 51.4 Å². The van der Waals surface area contributed by atoms with Crippen LogP contribution in [0.25, 0.3) is 0 Å². The Morgan fingerprint density at radius 2 is 1.93 bits per heavy atom. The summed E-state index contributed by atoms with van der Waals surface area (Å²) in [4.78, 5) is 0. The molecule has 0 aromatic carbocycles. The summed E-state index contributed by atoms with van der Waals surface area (Å²) in [7, 11) is 0. The fourth-order valence-electron chi connectivity index (χ4n) is 3.14. The normalized spacial score (nSPS) is 29.8. The van der Waals surface area contributed by atoms with Crippen molar-refractivity contribution in [1.29, 1.82) is 0 Å². The molecule has 1 nitrogen and oxygen atoms in total. The van der Waals surface area contributed by atoms with Gasteiger partial charge in [0.1, 0.15) is 0 Å². The Hall–Kier alpha value is 0.440. The lowest BCUT2D eigenvalue weighted by Gasteiger charge is -2.22. The Morgan fingerprint density at radius 1 is 1.13 bits per heavy atom. The maximum Gasteiger partial charge on any atom is 0.0576 e. The molecule has 2 rings (SSSR count). The second kappa shape index (κ2) is 6.24. The quantitative estimate of drug-likeness (QED) is 0.685. The first-order valence-electron chi connectivity index (χ1n) is 6.57. The zero-order valence-electron chi connectivity index (χ0n) is 9.59. The molecular formula is C13H23BrO. The lowest BCUT2D eigenvalue weighted by Crippen LogP contribution is -2.16. The highest BCUT2D eigenvalue weighted by Gasteiger charge is 2.25. The monoisotopic (exact) mass is 274 g/mol. The second-order valence-corrected chi connectivity index (χ2v) is 5.82. The van der Waals surface area contributed by atoms with E-state index in [9.17, 15) is 0 Å². The van der Waals surface area contributed by atoms with E-state index >= 15 is 0 Å². The zero-order valence-corrected chi connectivity index (χ0v) is 11.2. The van der Waals surface area contributed by atoms with Gasteiger partial charge in [-0.05, 0) is 37.5 Å². The molecule has 1 saturated carbocycles. The van der Waals surface area contributed by atoms with Gasteiger partial charge in [-0.1, -0.05) is 41.6 Å². The van der Waals surface area contributed by atoms with Crippen LogP contribution in [0, 0.1) is 11.8 Å². The van der Waals surface area contributed by atoms with E-state index in [0.29, 0.717) is 6.10 Å². The van der Waals surface area contributed by atoms with E-state index in [1.54, 1.807) is 0 Å². The van der Waals surface area contributed by atoms with Gasteiger partial charge < -0.3 is 4.74 Å². The van der Waals surface area contributed by atoms with Crippen LogP contribution in [0.15, 0.2) is 0 Å². The van der Waals surface area contributed by atoms with Gasteiger partial charge in [-0.3, -0.25) is 0 Å². The van der Waals surface area contributed by atoms with Gasteiger partial charge in [0.2, 0.25) is 0 Å². The molecule has 1 aliphatic heterocycles. The van der Waals surface area contributed by atoms with E-state index in [4.69, 9.17) is 4.74 Å². The third-order valence-electron chi connectivity index (χ3n) is 4.15. The van der Waals surface area contributed by atoms with Gasteiger partial charge >= 0.3 is 0 Å². The molecule has 2 aliphatic rings. The predicted octanol–water partition coefficient (Wildman–Crippen LogP) is 4.15. The number of ether oxygens (including phenoxy) is 1. The number of halogens is 1. The van der Waals surface area contributed by atoms with E-state index in [1.165, 1.54) is 56.7 Å². The zero-order chi connectivity index (χ0) is 10.5. The minimum Gasteiger partial charge on any atom is -0.378 e. The van der Waals surface area contributed by atoms with Crippen molar-refractivity contribution in [3.63, 3.8) is 0 Å². The Bertz CT molecular complexity index is 171. The molecule has 2 heteroatoms. The SMILES string of the molecule is BrCC(CCC1CCCO1)C1CCCC1. The summed E-state index contributed by atoms with van der Waals surface area (Å²) in [6.45, 7) is 1.01. The molecule has 0 radical (unpaired) electrons. The molecule has 2 unspecified atom stereocenters. The van der Waals surface area contributed by atoms with Gasteiger partial charge in [0, 0.05) is 11.9 Å². The van der Waals surface area contributed by atoms with Crippen LogP contribution in [0.3, 0.4) is 0 Å². The maximum absolute atomic E-state index is 5.70. The smallest absolute Gasteiger partial charge is 0.0576 e. The summed E-state index contributed by atoms with van der Waals surface area (Å²) in [5, 5.41) is 1.20. The molecule has 0 spiro atoms. The molecule has 0 bridgehead atoms. The lowest BCUT2D eigenvalue weighted by atomic mass is 9.88. The first-order valence-corrected chi connectivity index (χ1v) is 7.70. The van der Waals surface area contributed by atoms with Gasteiger partial charge in [-0.25, -0.2) is 0 Å². The third-order valence-corrected chi connectivity index (χ3v) is 4.98. The molecular weight excluding hydrogens is 252 g/mol. The molecule has 2 fully saturated rings. The fourth-order valence-corrected chi connectivity index (χ4v) is 3.99. The second-order valence-electron chi connectivity index (χ2n) is 5.17. The Morgan fingerprint density at radius 3 is 2.53 bits per heavy atom. The highest BCUT2D eigenvalue weighted by atomic mass is 79.9. The molecule has 2 atom stereocenters. The minimum atomic E-state index is 0.591. The molecule has 0 amide bonds. The van der Waals surface area contributed by atoms with E-state index in [-0.39, 0.29) is 0 Å². The van der Waals surface area contributed by atoms with Crippen molar-refractivity contribution in [2.24, 2.45) is 11.8 Å². The molecule has 88 valence electrons. The number of alkyl halides is 1. The van der Waals surface area contributed by atoms with Crippen LogP contribution in [-0.2, 0) is 4.74 Å². The van der Waals surface area contributed by atoms with Crippen LogP contribution in [0.2, 0.25) is 0 Å². The van der Waals surface area contributed by atoms with Crippen LogP contribution in [-0.4, -0.2) is 18.0 Å². The van der Waals surface area contributed by atoms with Gasteiger partial charge in [-0.15, -0.1) is 0 Å². The summed E-state index contributed by atoms with van der Waals surface area (Å²) in [5.74, 6) is 1.92. The van der Waals surface area contributed by atoms with Crippen LogP contribution in [0.5, 0.6) is 0 Å². The van der Waals surface area contributed by atoms with Crippen molar-refractivity contribution in [2.45, 2.75) is 57.5 Å². The third kappa shape index (κ3) is 3.45. The highest BCUT2D eigenvalue weighted by Crippen LogP contribution is 2.35. The van der Waals surface area contributed by atoms with Crippen molar-refractivity contribution in [1.82, 2.24) is 0 Å². The topological polar surface area (TPSA) is 9.23 Å². The maximum atomic E-state index is 5.70. The molecule has 1 heterocycles. The van der Waals surface area contributed by atoms with Crippen LogP contribution in [0.4, 0.5) is 0 Å². The number of hydrogen-bond acceptors (Lipinski definition) is 1. The number of rotatable bonds is 5. The average molecular weight is 275 g/mol. The van der Waals surface area contributed by atoms with Crippen molar-refractivity contribution in [2.75, 3.05) is 11.9 Å². The van der Waals surface area contributed by atoms with Gasteiger partial charge in [0.15, 0.2) is 0 Å². The van der Waals surface area contributed by atoms with E-state index < -0.39 is 0 Å². The van der Waals surface area contributed by atoms with Crippen LogP contribution < -0.4 is 0 Å². The van der Waals surface area contributed by atoms with Crippen LogP contribution >= 0.6 is 15.9 Å². The van der Waals surface area contributed by atoms with Crippen molar-refractivity contribution < 1.29 is 4.74 Å².